The van der Waals surface area contributed by atoms with E-state index in [4.69, 9.17) is 46.9 Å². The number of ketones is 1. The first-order valence-electron chi connectivity index (χ1n) is 24.1. The van der Waals surface area contributed by atoms with E-state index in [1.807, 2.05) is 30.5 Å². The highest BCUT2D eigenvalue weighted by atomic mass is 35.5. The van der Waals surface area contributed by atoms with Gasteiger partial charge in [-0.1, -0.05) is 50.0 Å². The summed E-state index contributed by atoms with van der Waals surface area (Å²) in [5.41, 5.74) is 2.52. The Morgan fingerprint density at radius 2 is 1.85 bits per heavy atom. The van der Waals surface area contributed by atoms with Gasteiger partial charge in [0, 0.05) is 55.4 Å². The Labute approximate surface area is 462 Å². The number of aryl methyl sites for hydroxylation is 2. The van der Waals surface area contributed by atoms with Crippen LogP contribution in [0, 0.1) is 30.5 Å². The topological polar surface area (TPSA) is 273 Å². The number of sulfone groups is 1. The molecular formula is C51H59ClF4N7O13PS2. The molecule has 428 valence electrons. The standard InChI is InChI=1S/C18H17FN4O2S.C15H22ClNO2.C15H12F3NO4S.C3H8NO5P/c1-4-5-22-13-7-12(11(19)6-14(13)25-9-16(22)24)20-17-23-10-18(2,3)8-15(23)21-26-17;1-5-13-8-6-7-11(2)15(13)17(14(18)9-16)12(3)10-19-4;1-24(21,22)12-6-9(15(16,17)18)4-5-10(12)13(20)11-7-19-23-14(11)8-2-3-8;5-3(6)1-4-2-10(7,8)9/h1,6-7H,5,8-10H2,2-3H3;6-8,12H,5,9-10H2,1-4H3;4-8H,2-3H2,1H3;4H,1-2H2,(H,5,6)(H2,7,8,9). The van der Waals surface area contributed by atoms with Gasteiger partial charge >= 0.3 is 19.7 Å². The van der Waals surface area contributed by atoms with E-state index in [2.05, 4.69) is 52.6 Å². The number of aliphatic carboxylic acids is 1. The summed E-state index contributed by atoms with van der Waals surface area (Å²) in [4.78, 5) is 70.6. The summed E-state index contributed by atoms with van der Waals surface area (Å²) in [6, 6.07) is 10.8. The Balaban J connectivity index is 0.000000203. The average Bonchev–Trinajstić information content (AvgIpc) is 3.85. The van der Waals surface area contributed by atoms with Gasteiger partial charge in [-0.15, -0.1) is 18.0 Å². The van der Waals surface area contributed by atoms with Crippen molar-refractivity contribution >= 4 is 81.2 Å². The zero-order valence-electron chi connectivity index (χ0n) is 44.0. The van der Waals surface area contributed by atoms with Crippen LogP contribution in [0.5, 0.6) is 5.75 Å². The number of hydrogen-bond acceptors (Lipinski definition) is 15. The number of fused-ring (bicyclic) bond motifs is 2. The van der Waals surface area contributed by atoms with Crippen molar-refractivity contribution in [1.82, 2.24) is 19.4 Å². The van der Waals surface area contributed by atoms with Gasteiger partial charge in [-0.05, 0) is 73.9 Å². The normalized spacial score (nSPS) is 15.1. The monoisotopic (exact) mass is 1180 g/mol. The van der Waals surface area contributed by atoms with Crippen LogP contribution in [0.1, 0.15) is 90.7 Å². The minimum atomic E-state index is -4.71. The molecule has 1 unspecified atom stereocenters. The number of rotatable bonds is 16. The predicted octanol–water partition coefficient (Wildman–Crippen LogP) is 7.42. The molecule has 28 heteroatoms. The maximum Gasteiger partial charge on any atom is 0.416 e. The molecule has 0 spiro atoms. The van der Waals surface area contributed by atoms with E-state index in [0.29, 0.717) is 40.7 Å². The number of carboxylic acids is 1. The molecule has 1 aliphatic carbocycles. The summed E-state index contributed by atoms with van der Waals surface area (Å²) in [6.07, 6.45) is 5.35. The van der Waals surface area contributed by atoms with E-state index in [1.54, 1.807) is 12.0 Å². The lowest BCUT2D eigenvalue weighted by molar-refractivity contribution is -0.138. The summed E-state index contributed by atoms with van der Waals surface area (Å²) in [7, 11) is -6.50. The lowest BCUT2D eigenvalue weighted by Gasteiger charge is -2.31. The number of benzene rings is 3. The van der Waals surface area contributed by atoms with Gasteiger partial charge in [0.2, 0.25) is 10.7 Å². The zero-order chi connectivity index (χ0) is 58.8. The Kier molecular flexibility index (Phi) is 21.5. The summed E-state index contributed by atoms with van der Waals surface area (Å²) >= 11 is 7.00. The first-order valence-corrected chi connectivity index (χ1v) is 29.1. The van der Waals surface area contributed by atoms with Crippen molar-refractivity contribution in [1.29, 1.82) is 0 Å². The van der Waals surface area contributed by atoms with Crippen molar-refractivity contribution in [2.75, 3.05) is 61.6 Å². The summed E-state index contributed by atoms with van der Waals surface area (Å²) in [5, 5.41) is 13.6. The van der Waals surface area contributed by atoms with Crippen LogP contribution < -0.4 is 24.7 Å². The van der Waals surface area contributed by atoms with Gasteiger partial charge in [0.25, 0.3) is 5.91 Å². The molecule has 0 bridgehead atoms. The highest BCUT2D eigenvalue weighted by molar-refractivity contribution is 7.90. The molecule has 2 amide bonds. The second-order valence-electron chi connectivity index (χ2n) is 19.1. The van der Waals surface area contributed by atoms with Crippen molar-refractivity contribution in [3.63, 3.8) is 0 Å². The van der Waals surface area contributed by atoms with E-state index in [0.717, 1.165) is 67.2 Å². The number of nitrogens with zero attached hydrogens (tertiary/aromatic N) is 6. The molecule has 8 rings (SSSR count). The van der Waals surface area contributed by atoms with Gasteiger partial charge < -0.3 is 38.4 Å². The van der Waals surface area contributed by atoms with Gasteiger partial charge in [0.1, 0.15) is 23.1 Å². The minimum Gasteiger partial charge on any atom is -0.481 e. The number of amides is 2. The fourth-order valence-electron chi connectivity index (χ4n) is 8.27. The van der Waals surface area contributed by atoms with E-state index >= 15 is 0 Å². The molecular weight excluding hydrogens is 1130 g/mol. The number of carbonyl (C=O) groups excluding carboxylic acids is 3. The van der Waals surface area contributed by atoms with Crippen molar-refractivity contribution in [3.05, 3.63) is 105 Å². The summed E-state index contributed by atoms with van der Waals surface area (Å²) in [5.74, 6) is 1.34. The molecule has 79 heavy (non-hydrogen) atoms. The Bertz CT molecular complexity index is 3330. The summed E-state index contributed by atoms with van der Waals surface area (Å²) < 4.78 is 109. The van der Waals surface area contributed by atoms with Gasteiger partial charge in [-0.3, -0.25) is 34.0 Å². The fourth-order valence-corrected chi connectivity index (χ4v) is 10.5. The van der Waals surface area contributed by atoms with E-state index < -0.39 is 64.5 Å². The number of anilines is 2. The van der Waals surface area contributed by atoms with Crippen LogP contribution in [0.2, 0.25) is 0 Å². The van der Waals surface area contributed by atoms with Crippen LogP contribution >= 0.6 is 30.7 Å². The number of methoxy groups -OCH3 is 1. The van der Waals surface area contributed by atoms with Gasteiger partial charge in [0.15, 0.2) is 33.8 Å². The molecule has 0 saturated heterocycles. The first-order chi connectivity index (χ1) is 36.9. The van der Waals surface area contributed by atoms with Crippen molar-refractivity contribution in [3.8, 4) is 18.1 Å². The highest BCUT2D eigenvalue weighted by Gasteiger charge is 2.37. The SMILES string of the molecule is C#CCN1C(=O)COc2cc(F)c(N=c3snc4n3CC(C)(C)C4)cc21.CCc1cccc(C)c1N(C(=O)CCl)C(C)COC.CS(=O)(=O)c1cc(C(F)(F)F)ccc1C(=O)c1cnoc1C1CC1.O=C(O)CNCP(=O)(O)O. The van der Waals surface area contributed by atoms with Gasteiger partial charge in [0.05, 0.1) is 65.6 Å². The number of halogens is 5. The second-order valence-corrected chi connectivity index (χ2v) is 23.8. The number of hydrogen-bond donors (Lipinski definition) is 4. The molecule has 2 aromatic heterocycles. The van der Waals surface area contributed by atoms with E-state index in [-0.39, 0.29) is 65.0 Å². The maximum atomic E-state index is 14.5. The third kappa shape index (κ3) is 17.1. The summed E-state index contributed by atoms with van der Waals surface area (Å²) in [6.45, 7) is 11.2. The molecule has 20 nitrogen and oxygen atoms in total. The van der Waals surface area contributed by atoms with Crippen LogP contribution in [0.4, 0.5) is 34.6 Å². The van der Waals surface area contributed by atoms with Crippen LogP contribution in [-0.2, 0) is 59.1 Å². The number of para-hydroxylation sites is 1. The second kappa shape index (κ2) is 26.8. The van der Waals surface area contributed by atoms with Crippen molar-refractivity contribution in [2.45, 2.75) is 89.9 Å². The average molecular weight is 1180 g/mol. The molecule has 0 radical (unpaired) electrons. The first kappa shape index (κ1) is 63.5. The molecule has 2 aliphatic heterocycles. The molecule has 1 atom stereocenters. The number of alkyl halides is 4. The van der Waals surface area contributed by atoms with E-state index in [1.165, 1.54) is 34.8 Å². The third-order valence-corrected chi connectivity index (χ3v) is 14.7. The van der Waals surface area contributed by atoms with E-state index in [9.17, 15) is 49.7 Å². The largest absolute Gasteiger partial charge is 0.481 e. The molecule has 1 saturated carbocycles. The number of ether oxygens (including phenoxy) is 2. The predicted molar refractivity (Wildman–Crippen MR) is 285 cm³/mol. The lowest BCUT2D eigenvalue weighted by Crippen LogP contribution is -2.43. The zero-order valence-corrected chi connectivity index (χ0v) is 47.3. The quantitative estimate of drug-likeness (QED) is 0.0246. The number of nitrogens with one attached hydrogen (secondary N) is 1. The maximum absolute atomic E-state index is 14.5. The van der Waals surface area contributed by atoms with Gasteiger partial charge in [-0.2, -0.15) is 17.5 Å². The van der Waals surface area contributed by atoms with Crippen LogP contribution in [0.3, 0.4) is 0 Å². The molecule has 4 heterocycles. The Hall–Kier alpha value is -6.30. The van der Waals surface area contributed by atoms with Crippen molar-refractivity contribution < 1.29 is 78.6 Å². The fraction of sp³-hybridized carbons (Fsp3) is 0.431. The number of terminal acetylenes is 1. The number of carbonyl (C=O) groups is 4. The van der Waals surface area contributed by atoms with Crippen LogP contribution in [-0.4, -0.2) is 119 Å². The van der Waals surface area contributed by atoms with Crippen LogP contribution in [0.25, 0.3) is 0 Å². The molecule has 5 aromatic rings. The Morgan fingerprint density at radius 1 is 1.15 bits per heavy atom. The lowest BCUT2D eigenvalue weighted by atomic mass is 9.92. The van der Waals surface area contributed by atoms with Gasteiger partial charge in [-0.25, -0.2) is 17.8 Å². The molecule has 3 aliphatic rings. The molecule has 4 N–H and O–H groups in total. The minimum absolute atomic E-state index is 0.0223. The number of carboxylic acid groups (broad SMARTS) is 1. The van der Waals surface area contributed by atoms with Crippen LogP contribution in [0.15, 0.2) is 69.1 Å². The van der Waals surface area contributed by atoms with Crippen molar-refractivity contribution in [2.24, 2.45) is 10.4 Å². The highest BCUT2D eigenvalue weighted by Crippen LogP contribution is 2.43. The molecule has 3 aromatic carbocycles. The smallest absolute Gasteiger partial charge is 0.416 e. The number of aromatic nitrogens is 3. The third-order valence-electron chi connectivity index (χ3n) is 11.9. The Morgan fingerprint density at radius 3 is 2.43 bits per heavy atom. The molecule has 1 fully saturated rings.